The molecule has 0 unspecified atom stereocenters. The summed E-state index contributed by atoms with van der Waals surface area (Å²) in [7, 11) is 0. The van der Waals surface area contributed by atoms with Crippen molar-refractivity contribution in [1.82, 2.24) is 20.4 Å². The lowest BCUT2D eigenvalue weighted by Gasteiger charge is -2.12. The molecule has 0 radical (unpaired) electrons. The summed E-state index contributed by atoms with van der Waals surface area (Å²) in [6.07, 6.45) is 4.48. The summed E-state index contributed by atoms with van der Waals surface area (Å²) in [4.78, 5) is 4.67. The quantitative estimate of drug-likeness (QED) is 0.276. The Bertz CT molecular complexity index is 896. The molecule has 0 aliphatic heterocycles. The highest BCUT2D eigenvalue weighted by Gasteiger charge is 2.01. The first-order valence-electron chi connectivity index (χ1n) is 9.55. The predicted octanol–water partition coefficient (Wildman–Crippen LogP) is 3.99. The third-order valence-corrected chi connectivity index (χ3v) is 4.25. The molecule has 0 bridgehead atoms. The van der Waals surface area contributed by atoms with Crippen LogP contribution in [-0.4, -0.2) is 28.8 Å². The molecule has 2 aromatic carbocycles. The Morgan fingerprint density at radius 2 is 1.83 bits per heavy atom. The molecule has 29 heavy (non-hydrogen) atoms. The zero-order valence-electron chi connectivity index (χ0n) is 16.5. The van der Waals surface area contributed by atoms with Crippen molar-refractivity contribution in [1.29, 1.82) is 0 Å². The van der Waals surface area contributed by atoms with Gasteiger partial charge < -0.3 is 10.6 Å². The number of nitrogens with one attached hydrogen (secondary N) is 2. The first kappa shape index (κ1) is 22.9. The largest absolute Gasteiger partial charge is 0.357 e. The van der Waals surface area contributed by atoms with E-state index in [1.54, 1.807) is 18.3 Å². The van der Waals surface area contributed by atoms with E-state index in [1.165, 1.54) is 11.6 Å². The van der Waals surface area contributed by atoms with Crippen molar-refractivity contribution in [2.75, 3.05) is 13.1 Å². The molecule has 1 heterocycles. The monoisotopic (exact) mass is 507 g/mol. The maximum atomic E-state index is 13.3. The fraction of sp³-hybridized carbons (Fsp3) is 0.273. The van der Waals surface area contributed by atoms with Crippen LogP contribution < -0.4 is 10.6 Å². The zero-order valence-corrected chi connectivity index (χ0v) is 18.8. The Morgan fingerprint density at radius 3 is 2.59 bits per heavy atom. The minimum absolute atomic E-state index is 0. The Balaban J connectivity index is 0.00000300. The number of guanidine groups is 1. The molecule has 5 nitrogen and oxygen atoms in total. The molecule has 0 saturated carbocycles. The highest BCUT2D eigenvalue weighted by atomic mass is 127. The third-order valence-electron chi connectivity index (χ3n) is 4.25. The van der Waals surface area contributed by atoms with Gasteiger partial charge in [-0.05, 0) is 48.2 Å². The lowest BCUT2D eigenvalue weighted by atomic mass is 10.1. The van der Waals surface area contributed by atoms with E-state index in [1.807, 2.05) is 36.0 Å². The van der Waals surface area contributed by atoms with Crippen molar-refractivity contribution < 1.29 is 4.39 Å². The maximum Gasteiger partial charge on any atom is 0.191 e. The smallest absolute Gasteiger partial charge is 0.191 e. The number of aromatic nitrogens is 2. The van der Waals surface area contributed by atoms with Crippen LogP contribution in [0.5, 0.6) is 0 Å². The molecule has 7 heteroatoms. The summed E-state index contributed by atoms with van der Waals surface area (Å²) in [6, 6.07) is 17.0. The second-order valence-electron chi connectivity index (χ2n) is 6.53. The molecule has 0 saturated heterocycles. The number of hydrogen-bond acceptors (Lipinski definition) is 2. The highest BCUT2D eigenvalue weighted by molar-refractivity contribution is 14.0. The van der Waals surface area contributed by atoms with Gasteiger partial charge in [-0.25, -0.2) is 9.38 Å². The summed E-state index contributed by atoms with van der Waals surface area (Å²) in [5.41, 5.74) is 3.31. The van der Waals surface area contributed by atoms with Gasteiger partial charge in [0, 0.05) is 25.5 Å². The summed E-state index contributed by atoms with van der Waals surface area (Å²) in [6.45, 7) is 4.84. The molecular formula is C22H27FIN5. The minimum atomic E-state index is -0.201. The molecule has 3 rings (SSSR count). The van der Waals surface area contributed by atoms with E-state index in [9.17, 15) is 4.39 Å². The lowest BCUT2D eigenvalue weighted by Crippen LogP contribution is -2.38. The summed E-state index contributed by atoms with van der Waals surface area (Å²) in [5, 5.41) is 10.8. The fourth-order valence-corrected chi connectivity index (χ4v) is 2.94. The fourth-order valence-electron chi connectivity index (χ4n) is 2.94. The lowest BCUT2D eigenvalue weighted by molar-refractivity contribution is 0.625. The van der Waals surface area contributed by atoms with Gasteiger partial charge in [0.2, 0.25) is 0 Å². The van der Waals surface area contributed by atoms with Gasteiger partial charge in [0.25, 0.3) is 0 Å². The van der Waals surface area contributed by atoms with Crippen LogP contribution in [0.15, 0.2) is 72.0 Å². The van der Waals surface area contributed by atoms with Crippen molar-refractivity contribution in [3.8, 4) is 0 Å². The number of hydrogen-bond donors (Lipinski definition) is 2. The third kappa shape index (κ3) is 7.84. The van der Waals surface area contributed by atoms with Crippen molar-refractivity contribution >= 4 is 29.9 Å². The van der Waals surface area contributed by atoms with Crippen LogP contribution >= 0.6 is 24.0 Å². The van der Waals surface area contributed by atoms with Crippen LogP contribution in [0.4, 0.5) is 4.39 Å². The Labute approximate surface area is 188 Å². The molecule has 0 amide bonds. The Kier molecular flexibility index (Phi) is 9.63. The normalized spacial score (nSPS) is 11.0. The van der Waals surface area contributed by atoms with Gasteiger partial charge in [-0.2, -0.15) is 5.10 Å². The van der Waals surface area contributed by atoms with Gasteiger partial charge in [0.1, 0.15) is 5.82 Å². The van der Waals surface area contributed by atoms with E-state index in [0.29, 0.717) is 13.1 Å². The van der Waals surface area contributed by atoms with E-state index in [0.717, 1.165) is 36.6 Å². The van der Waals surface area contributed by atoms with Crippen molar-refractivity contribution in [2.24, 2.45) is 4.99 Å². The zero-order chi connectivity index (χ0) is 19.6. The summed E-state index contributed by atoms with van der Waals surface area (Å²) in [5.74, 6) is 0.560. The van der Waals surface area contributed by atoms with Crippen molar-refractivity contribution in [2.45, 2.75) is 26.4 Å². The van der Waals surface area contributed by atoms with Gasteiger partial charge in [0.05, 0.1) is 13.1 Å². The summed E-state index contributed by atoms with van der Waals surface area (Å²) < 4.78 is 15.2. The molecule has 0 atom stereocenters. The van der Waals surface area contributed by atoms with E-state index >= 15 is 0 Å². The van der Waals surface area contributed by atoms with Crippen molar-refractivity contribution in [3.63, 3.8) is 0 Å². The molecule has 0 aliphatic carbocycles. The average molecular weight is 507 g/mol. The standard InChI is InChI=1S/C22H26FN5.HI/c1-2-24-22(25-12-10-18-6-4-9-21(23)15-18)26-16-19-7-3-8-20(14-19)17-28-13-5-11-27-28;/h3-9,11,13-15H,2,10,12,16-17H2,1H3,(H2,24,25,26);1H. The maximum absolute atomic E-state index is 13.3. The number of rotatable bonds is 8. The Morgan fingerprint density at radius 1 is 1.03 bits per heavy atom. The van der Waals surface area contributed by atoms with E-state index in [4.69, 9.17) is 0 Å². The number of nitrogens with zero attached hydrogens (tertiary/aromatic N) is 3. The van der Waals surface area contributed by atoms with E-state index < -0.39 is 0 Å². The van der Waals surface area contributed by atoms with Crippen LogP contribution in [-0.2, 0) is 19.5 Å². The average Bonchev–Trinajstić information content (AvgIpc) is 3.19. The SMILES string of the molecule is CCNC(=NCc1cccc(Cn2cccn2)c1)NCCc1cccc(F)c1.I. The van der Waals surface area contributed by atoms with Gasteiger partial charge in [-0.15, -0.1) is 24.0 Å². The molecule has 0 fully saturated rings. The van der Waals surface area contributed by atoms with Crippen LogP contribution in [0, 0.1) is 5.82 Å². The van der Waals surface area contributed by atoms with Crippen LogP contribution in [0.3, 0.4) is 0 Å². The van der Waals surface area contributed by atoms with Gasteiger partial charge in [0.15, 0.2) is 5.96 Å². The highest BCUT2D eigenvalue weighted by Crippen LogP contribution is 2.08. The molecular weight excluding hydrogens is 480 g/mol. The first-order valence-corrected chi connectivity index (χ1v) is 9.55. The van der Waals surface area contributed by atoms with Gasteiger partial charge in [-0.1, -0.05) is 36.4 Å². The van der Waals surface area contributed by atoms with Gasteiger partial charge in [-0.3, -0.25) is 4.68 Å². The topological polar surface area (TPSA) is 54.2 Å². The Hall–Kier alpha value is -2.42. The number of halogens is 2. The number of aliphatic imine (C=N–C) groups is 1. The molecule has 0 aliphatic rings. The molecule has 154 valence electrons. The molecule has 2 N–H and O–H groups in total. The summed E-state index contributed by atoms with van der Waals surface area (Å²) >= 11 is 0. The van der Waals surface area contributed by atoms with Gasteiger partial charge >= 0.3 is 0 Å². The predicted molar refractivity (Wildman–Crippen MR) is 126 cm³/mol. The molecule has 0 spiro atoms. The van der Waals surface area contributed by atoms with Crippen LogP contribution in [0.25, 0.3) is 0 Å². The van der Waals surface area contributed by atoms with Crippen molar-refractivity contribution in [3.05, 3.63) is 89.5 Å². The second-order valence-corrected chi connectivity index (χ2v) is 6.53. The van der Waals surface area contributed by atoms with Crippen LogP contribution in [0.1, 0.15) is 23.6 Å². The number of benzene rings is 2. The minimum Gasteiger partial charge on any atom is -0.357 e. The second kappa shape index (κ2) is 12.2. The van der Waals surface area contributed by atoms with E-state index in [-0.39, 0.29) is 29.8 Å². The molecule has 3 aromatic rings. The first-order chi connectivity index (χ1) is 13.7. The van der Waals surface area contributed by atoms with E-state index in [2.05, 4.69) is 38.9 Å². The van der Waals surface area contributed by atoms with Crippen LogP contribution in [0.2, 0.25) is 0 Å². The molecule has 1 aromatic heterocycles.